The van der Waals surface area contributed by atoms with Crippen molar-refractivity contribution in [3.05, 3.63) is 36.0 Å². The van der Waals surface area contributed by atoms with Crippen LogP contribution < -0.4 is 16.4 Å². The van der Waals surface area contributed by atoms with E-state index in [2.05, 4.69) is 40.7 Å². The summed E-state index contributed by atoms with van der Waals surface area (Å²) in [7, 11) is 0. The zero-order valence-electron chi connectivity index (χ0n) is 10.2. The molecule has 4 N–H and O–H groups in total. The third-order valence-electron chi connectivity index (χ3n) is 2.77. The Labute approximate surface area is 112 Å². The molecule has 18 heavy (non-hydrogen) atoms. The lowest BCUT2D eigenvalue weighted by Crippen LogP contribution is -2.32. The van der Waals surface area contributed by atoms with Crippen LogP contribution in [0.5, 0.6) is 0 Å². The summed E-state index contributed by atoms with van der Waals surface area (Å²) in [6.07, 6.45) is 1.81. The summed E-state index contributed by atoms with van der Waals surface area (Å²) in [6.45, 7) is 3.53. The Bertz CT molecular complexity index is 568. The van der Waals surface area contributed by atoms with E-state index < -0.39 is 0 Å². The number of rotatable bonds is 4. The fourth-order valence-corrected chi connectivity index (χ4v) is 1.97. The molecule has 0 amide bonds. The molecule has 0 aliphatic heterocycles. The fraction of sp³-hybridized carbons (Fsp3) is 0.231. The number of anilines is 1. The van der Waals surface area contributed by atoms with Crippen molar-refractivity contribution in [3.63, 3.8) is 0 Å². The largest absolute Gasteiger partial charge is 0.383 e. The molecule has 0 radical (unpaired) electrons. The number of pyridine rings is 1. The van der Waals surface area contributed by atoms with E-state index in [0.717, 1.165) is 28.7 Å². The molecule has 0 fully saturated rings. The molecule has 0 saturated heterocycles. The van der Waals surface area contributed by atoms with Crippen molar-refractivity contribution in [2.45, 2.75) is 6.92 Å². The number of hydrogen-bond donors (Lipinski definition) is 3. The average Bonchev–Trinajstić information content (AvgIpc) is 2.37. The summed E-state index contributed by atoms with van der Waals surface area (Å²) in [4.78, 5) is 4.40. The van der Waals surface area contributed by atoms with Crippen molar-refractivity contribution in [1.82, 2.24) is 10.3 Å². The van der Waals surface area contributed by atoms with Crippen LogP contribution in [0.2, 0.25) is 0 Å². The Morgan fingerprint density at radius 2 is 2.17 bits per heavy atom. The second-order valence-electron chi connectivity index (χ2n) is 4.03. The Morgan fingerprint density at radius 1 is 1.33 bits per heavy atom. The second kappa shape index (κ2) is 5.64. The molecule has 0 aliphatic rings. The maximum absolute atomic E-state index is 5.36. The second-order valence-corrected chi connectivity index (χ2v) is 4.47. The monoisotopic (exact) mass is 260 g/mol. The van der Waals surface area contributed by atoms with E-state index in [0.29, 0.717) is 11.7 Å². The number of nitrogens with two attached hydrogens (primary N) is 1. The highest BCUT2D eigenvalue weighted by molar-refractivity contribution is 7.80. The molecule has 0 aliphatic carbocycles. The van der Waals surface area contributed by atoms with E-state index >= 15 is 0 Å². The minimum atomic E-state index is 0.328. The molecule has 2 rings (SSSR count). The van der Waals surface area contributed by atoms with Gasteiger partial charge in [0.15, 0.2) is 5.11 Å². The fourth-order valence-electron chi connectivity index (χ4n) is 1.87. The Morgan fingerprint density at radius 3 is 2.94 bits per heavy atom. The van der Waals surface area contributed by atoms with Crippen molar-refractivity contribution >= 4 is 33.9 Å². The Hall–Kier alpha value is -1.88. The summed E-state index contributed by atoms with van der Waals surface area (Å²) >= 11 is 4.74. The van der Waals surface area contributed by atoms with Gasteiger partial charge in [0.05, 0.1) is 5.52 Å². The highest BCUT2D eigenvalue weighted by Gasteiger charge is 2.03. The number of benzene rings is 1. The molecule has 0 bridgehead atoms. The van der Waals surface area contributed by atoms with E-state index in [1.165, 1.54) is 0 Å². The van der Waals surface area contributed by atoms with Crippen LogP contribution in [0.15, 0.2) is 30.5 Å². The van der Waals surface area contributed by atoms with Crippen molar-refractivity contribution < 1.29 is 0 Å². The lowest BCUT2D eigenvalue weighted by Gasteiger charge is -2.11. The molecule has 2 aromatic rings. The molecular weight excluding hydrogens is 244 g/mol. The van der Waals surface area contributed by atoms with Crippen molar-refractivity contribution in [1.29, 1.82) is 0 Å². The number of aromatic nitrogens is 1. The van der Waals surface area contributed by atoms with Gasteiger partial charge in [0.2, 0.25) is 0 Å². The summed E-state index contributed by atoms with van der Waals surface area (Å²) < 4.78 is 0. The van der Waals surface area contributed by atoms with Gasteiger partial charge in [0, 0.05) is 30.4 Å². The van der Waals surface area contributed by atoms with Crippen LogP contribution in [0.4, 0.5) is 5.69 Å². The maximum atomic E-state index is 5.36. The van der Waals surface area contributed by atoms with Gasteiger partial charge in [-0.15, -0.1) is 0 Å². The molecular formula is C13H16N4S. The number of hydrogen-bond acceptors (Lipinski definition) is 3. The average molecular weight is 260 g/mol. The number of thiocarbonyl (C=S) groups is 1. The first kappa shape index (κ1) is 12.6. The van der Waals surface area contributed by atoms with Gasteiger partial charge in [0.25, 0.3) is 0 Å². The summed E-state index contributed by atoms with van der Waals surface area (Å²) in [5.41, 5.74) is 8.64. The first-order valence-electron chi connectivity index (χ1n) is 5.80. The molecule has 0 atom stereocenters. The highest BCUT2D eigenvalue weighted by atomic mass is 32.1. The minimum Gasteiger partial charge on any atom is -0.383 e. The highest BCUT2D eigenvalue weighted by Crippen LogP contribution is 2.23. The topological polar surface area (TPSA) is 63.0 Å². The van der Waals surface area contributed by atoms with E-state index in [-0.39, 0.29) is 0 Å². The molecule has 0 unspecified atom stereocenters. The molecule has 1 aromatic carbocycles. The molecule has 1 aromatic heterocycles. The van der Waals surface area contributed by atoms with Crippen LogP contribution in [0.25, 0.3) is 10.9 Å². The quantitative estimate of drug-likeness (QED) is 0.578. The minimum absolute atomic E-state index is 0.328. The van der Waals surface area contributed by atoms with Gasteiger partial charge in [-0.1, -0.05) is 12.1 Å². The van der Waals surface area contributed by atoms with Crippen LogP contribution in [0, 0.1) is 6.92 Å². The summed E-state index contributed by atoms with van der Waals surface area (Å²) in [5, 5.41) is 7.73. The molecule has 1 heterocycles. The van der Waals surface area contributed by atoms with Crippen LogP contribution in [-0.4, -0.2) is 23.2 Å². The maximum Gasteiger partial charge on any atom is 0.163 e. The molecule has 0 spiro atoms. The van der Waals surface area contributed by atoms with Crippen LogP contribution in [-0.2, 0) is 0 Å². The molecule has 4 nitrogen and oxygen atoms in total. The standard InChI is InChI=1S/C13H16N4S/c1-9-11(15-7-8-17-13(14)18)5-4-10-3-2-6-16-12(9)10/h2-6,15H,7-8H2,1H3,(H3,14,17,18). The lowest BCUT2D eigenvalue weighted by atomic mass is 10.1. The van der Waals surface area contributed by atoms with Gasteiger partial charge in [-0.25, -0.2) is 0 Å². The third kappa shape index (κ3) is 2.87. The Kier molecular flexibility index (Phi) is 3.94. The zero-order valence-corrected chi connectivity index (χ0v) is 11.1. The number of nitrogens with one attached hydrogen (secondary N) is 2. The third-order valence-corrected chi connectivity index (χ3v) is 2.91. The van der Waals surface area contributed by atoms with Crippen molar-refractivity contribution in [2.24, 2.45) is 5.73 Å². The first-order valence-corrected chi connectivity index (χ1v) is 6.21. The number of aryl methyl sites for hydroxylation is 1. The molecule has 5 heteroatoms. The van der Waals surface area contributed by atoms with E-state index in [1.54, 1.807) is 0 Å². The Balaban J connectivity index is 2.09. The van der Waals surface area contributed by atoms with E-state index in [9.17, 15) is 0 Å². The van der Waals surface area contributed by atoms with Crippen LogP contribution in [0.3, 0.4) is 0 Å². The molecule has 94 valence electrons. The lowest BCUT2D eigenvalue weighted by molar-refractivity contribution is 0.910. The number of nitrogens with zero attached hydrogens (tertiary/aromatic N) is 1. The van der Waals surface area contributed by atoms with E-state index in [4.69, 9.17) is 18.0 Å². The zero-order chi connectivity index (χ0) is 13.0. The van der Waals surface area contributed by atoms with Gasteiger partial charge >= 0.3 is 0 Å². The van der Waals surface area contributed by atoms with Gasteiger partial charge < -0.3 is 16.4 Å². The summed E-state index contributed by atoms with van der Waals surface area (Å²) in [6, 6.07) is 8.15. The van der Waals surface area contributed by atoms with Gasteiger partial charge in [-0.05, 0) is 36.8 Å². The van der Waals surface area contributed by atoms with Gasteiger partial charge in [-0.2, -0.15) is 0 Å². The SMILES string of the molecule is Cc1c(NCCNC(N)=S)ccc2cccnc12. The molecule has 0 saturated carbocycles. The number of fused-ring (bicyclic) bond motifs is 1. The van der Waals surface area contributed by atoms with E-state index in [1.807, 2.05) is 12.3 Å². The van der Waals surface area contributed by atoms with Gasteiger partial charge in [-0.3, -0.25) is 4.98 Å². The predicted octanol–water partition coefficient (Wildman–Crippen LogP) is 1.79. The van der Waals surface area contributed by atoms with Gasteiger partial charge in [0.1, 0.15) is 0 Å². The van der Waals surface area contributed by atoms with Crippen molar-refractivity contribution in [3.8, 4) is 0 Å². The smallest absolute Gasteiger partial charge is 0.163 e. The van der Waals surface area contributed by atoms with Crippen LogP contribution >= 0.6 is 12.2 Å². The van der Waals surface area contributed by atoms with Crippen molar-refractivity contribution in [2.75, 3.05) is 18.4 Å². The summed E-state index contributed by atoms with van der Waals surface area (Å²) in [5.74, 6) is 0. The van der Waals surface area contributed by atoms with Crippen LogP contribution in [0.1, 0.15) is 5.56 Å². The predicted molar refractivity (Wildman–Crippen MR) is 79.8 cm³/mol. The normalized spacial score (nSPS) is 10.3. The first-order chi connectivity index (χ1) is 8.68.